The molecule has 1 aromatic rings. The molecule has 1 aliphatic rings. The number of hydrogen-bond acceptors (Lipinski definition) is 3. The van der Waals surface area contributed by atoms with E-state index in [0.717, 1.165) is 30.5 Å². The van der Waals surface area contributed by atoms with Gasteiger partial charge in [-0.25, -0.2) is 4.79 Å². The molecule has 0 saturated heterocycles. The number of benzene rings is 1. The maximum Gasteiger partial charge on any atom is 0.335 e. The monoisotopic (exact) mass is 338 g/mol. The van der Waals surface area contributed by atoms with Gasteiger partial charge < -0.3 is 15.3 Å². The largest absolute Gasteiger partial charge is 0.478 e. The highest BCUT2D eigenvalue weighted by atomic mass is 35.5. The van der Waals surface area contributed by atoms with Crippen LogP contribution in [0.1, 0.15) is 47.2 Å². The standard InChI is InChI=1S/C18H27ClN2O2/c1-5-20-12-9-15(17(21(3)4)16(19)10-12)13-7-6-8-14(11(13)2)18(22)23/h6-8,12,15-17,20H,5,9-10H2,1-4H3,(H,22,23)/t12-,15?,16?,17-/m0/s1. The zero-order valence-corrected chi connectivity index (χ0v) is 15.1. The van der Waals surface area contributed by atoms with Gasteiger partial charge in [-0.2, -0.15) is 0 Å². The van der Waals surface area contributed by atoms with Crippen LogP contribution in [0.25, 0.3) is 0 Å². The Morgan fingerprint density at radius 2 is 2.09 bits per heavy atom. The van der Waals surface area contributed by atoms with Crippen molar-refractivity contribution in [1.82, 2.24) is 10.2 Å². The maximum absolute atomic E-state index is 11.5. The van der Waals surface area contributed by atoms with E-state index in [1.54, 1.807) is 6.07 Å². The quantitative estimate of drug-likeness (QED) is 0.810. The van der Waals surface area contributed by atoms with Crippen molar-refractivity contribution in [2.24, 2.45) is 0 Å². The molecule has 0 amide bonds. The van der Waals surface area contributed by atoms with Crippen LogP contribution in [0.3, 0.4) is 0 Å². The number of carboxylic acids is 1. The lowest BCUT2D eigenvalue weighted by atomic mass is 9.75. The van der Waals surface area contributed by atoms with Gasteiger partial charge in [0.15, 0.2) is 0 Å². The van der Waals surface area contributed by atoms with Gasteiger partial charge in [0.05, 0.1) is 10.9 Å². The van der Waals surface area contributed by atoms with Crippen molar-refractivity contribution in [3.8, 4) is 0 Å². The number of likely N-dealkylation sites (N-methyl/N-ethyl adjacent to an activating group) is 1. The molecular formula is C18H27ClN2O2. The fourth-order valence-corrected chi connectivity index (χ4v) is 4.56. The second-order valence-electron chi connectivity index (χ2n) is 6.63. The maximum atomic E-state index is 11.5. The van der Waals surface area contributed by atoms with Crippen LogP contribution >= 0.6 is 11.6 Å². The van der Waals surface area contributed by atoms with Gasteiger partial charge >= 0.3 is 5.97 Å². The highest BCUT2D eigenvalue weighted by molar-refractivity contribution is 6.21. The molecular weight excluding hydrogens is 312 g/mol. The predicted molar refractivity (Wildman–Crippen MR) is 94.7 cm³/mol. The summed E-state index contributed by atoms with van der Waals surface area (Å²) < 4.78 is 0. The molecule has 0 bridgehead atoms. The Morgan fingerprint density at radius 1 is 1.39 bits per heavy atom. The zero-order chi connectivity index (χ0) is 17.1. The number of carboxylic acid groups (broad SMARTS) is 1. The Morgan fingerprint density at radius 3 is 2.65 bits per heavy atom. The van der Waals surface area contributed by atoms with Crippen LogP contribution in [-0.4, -0.2) is 54.1 Å². The lowest BCUT2D eigenvalue weighted by Crippen LogP contribution is -2.50. The number of alkyl halides is 1. The first-order chi connectivity index (χ1) is 10.9. The number of nitrogens with zero attached hydrogens (tertiary/aromatic N) is 1. The van der Waals surface area contributed by atoms with Gasteiger partial charge in [0, 0.05) is 18.0 Å². The van der Waals surface area contributed by atoms with Gasteiger partial charge in [-0.05, 0) is 57.6 Å². The minimum Gasteiger partial charge on any atom is -0.478 e. The molecule has 0 radical (unpaired) electrons. The summed E-state index contributed by atoms with van der Waals surface area (Å²) in [6.45, 7) is 4.93. The molecule has 0 aromatic heterocycles. The minimum atomic E-state index is -0.868. The van der Waals surface area contributed by atoms with E-state index in [0.29, 0.717) is 11.6 Å². The highest BCUT2D eigenvalue weighted by Crippen LogP contribution is 2.39. The Kier molecular flexibility index (Phi) is 6.06. The van der Waals surface area contributed by atoms with Crippen molar-refractivity contribution in [1.29, 1.82) is 0 Å². The summed E-state index contributed by atoms with van der Waals surface area (Å²) in [5, 5.41) is 13.0. The number of carbonyl (C=O) groups is 1. The second kappa shape index (κ2) is 7.65. The molecule has 128 valence electrons. The van der Waals surface area contributed by atoms with Gasteiger partial charge in [0.1, 0.15) is 0 Å². The molecule has 2 N–H and O–H groups in total. The van der Waals surface area contributed by atoms with Crippen LogP contribution < -0.4 is 5.32 Å². The summed E-state index contributed by atoms with van der Waals surface area (Å²) in [7, 11) is 4.11. The fraction of sp³-hybridized carbons (Fsp3) is 0.611. The predicted octanol–water partition coefficient (Wildman–Crippen LogP) is 3.09. The fourth-order valence-electron chi connectivity index (χ4n) is 3.94. The van der Waals surface area contributed by atoms with Crippen LogP contribution in [0.2, 0.25) is 0 Å². The van der Waals surface area contributed by atoms with Crippen molar-refractivity contribution in [2.75, 3.05) is 20.6 Å². The summed E-state index contributed by atoms with van der Waals surface area (Å²) >= 11 is 6.71. The van der Waals surface area contributed by atoms with Gasteiger partial charge in [-0.1, -0.05) is 19.1 Å². The van der Waals surface area contributed by atoms with Crippen LogP contribution in [0.5, 0.6) is 0 Å². The summed E-state index contributed by atoms with van der Waals surface area (Å²) in [5.41, 5.74) is 2.35. The summed E-state index contributed by atoms with van der Waals surface area (Å²) in [5.74, 6) is -0.642. The molecule has 2 unspecified atom stereocenters. The number of hydrogen-bond donors (Lipinski definition) is 2. The molecule has 1 saturated carbocycles. The molecule has 4 atom stereocenters. The van der Waals surface area contributed by atoms with E-state index in [-0.39, 0.29) is 17.3 Å². The molecule has 1 aromatic carbocycles. The molecule has 1 aliphatic carbocycles. The van der Waals surface area contributed by atoms with E-state index >= 15 is 0 Å². The van der Waals surface area contributed by atoms with E-state index in [9.17, 15) is 9.90 Å². The van der Waals surface area contributed by atoms with Crippen molar-refractivity contribution in [3.05, 3.63) is 34.9 Å². The van der Waals surface area contributed by atoms with Crippen molar-refractivity contribution in [3.63, 3.8) is 0 Å². The third-order valence-electron chi connectivity index (χ3n) is 4.93. The molecule has 1 fully saturated rings. The minimum absolute atomic E-state index is 0.0423. The van der Waals surface area contributed by atoms with E-state index < -0.39 is 5.97 Å². The molecule has 2 rings (SSSR count). The van der Waals surface area contributed by atoms with Gasteiger partial charge in [0.2, 0.25) is 0 Å². The molecule has 0 spiro atoms. The lowest BCUT2D eigenvalue weighted by molar-refractivity contribution is 0.0696. The van der Waals surface area contributed by atoms with E-state index in [1.807, 2.05) is 13.0 Å². The molecule has 0 heterocycles. The first-order valence-electron chi connectivity index (χ1n) is 8.23. The summed E-state index contributed by atoms with van der Waals surface area (Å²) in [6, 6.07) is 6.15. The van der Waals surface area contributed by atoms with Gasteiger partial charge in [0.25, 0.3) is 0 Å². The third kappa shape index (κ3) is 3.87. The van der Waals surface area contributed by atoms with Crippen LogP contribution in [-0.2, 0) is 0 Å². The highest BCUT2D eigenvalue weighted by Gasteiger charge is 2.39. The average molecular weight is 339 g/mol. The van der Waals surface area contributed by atoms with Crippen LogP contribution in [0.15, 0.2) is 18.2 Å². The number of nitrogens with one attached hydrogen (secondary N) is 1. The summed E-state index contributed by atoms with van der Waals surface area (Å²) in [4.78, 5) is 13.6. The lowest BCUT2D eigenvalue weighted by Gasteiger charge is -2.43. The molecule has 23 heavy (non-hydrogen) atoms. The Hall–Kier alpha value is -1.10. The Balaban J connectivity index is 2.43. The second-order valence-corrected chi connectivity index (χ2v) is 7.19. The van der Waals surface area contributed by atoms with Gasteiger partial charge in [-0.3, -0.25) is 0 Å². The first-order valence-corrected chi connectivity index (χ1v) is 8.67. The zero-order valence-electron chi connectivity index (χ0n) is 14.3. The van der Waals surface area contributed by atoms with Crippen molar-refractivity contribution in [2.45, 2.75) is 50.1 Å². The normalized spacial score (nSPS) is 28.1. The summed E-state index contributed by atoms with van der Waals surface area (Å²) in [6.07, 6.45) is 1.91. The Labute approximate surface area is 143 Å². The van der Waals surface area contributed by atoms with E-state index in [1.165, 1.54) is 0 Å². The number of rotatable bonds is 5. The number of aromatic carboxylic acids is 1. The van der Waals surface area contributed by atoms with Gasteiger partial charge in [-0.15, -0.1) is 11.6 Å². The molecule has 5 heteroatoms. The third-order valence-corrected chi connectivity index (χ3v) is 5.36. The SMILES string of the molecule is CCN[C@@H]1CC(Cl)[C@@H](N(C)C)C(c2cccc(C(=O)O)c2C)C1. The van der Waals surface area contributed by atoms with Crippen molar-refractivity contribution >= 4 is 17.6 Å². The van der Waals surface area contributed by atoms with E-state index in [4.69, 9.17) is 11.6 Å². The van der Waals surface area contributed by atoms with Crippen molar-refractivity contribution < 1.29 is 9.90 Å². The first kappa shape index (κ1) is 18.2. The topological polar surface area (TPSA) is 52.6 Å². The average Bonchev–Trinajstić information content (AvgIpc) is 2.46. The smallest absolute Gasteiger partial charge is 0.335 e. The van der Waals surface area contributed by atoms with Crippen LogP contribution in [0, 0.1) is 6.92 Å². The number of halogens is 1. The Bertz CT molecular complexity index is 562. The van der Waals surface area contributed by atoms with Crippen LogP contribution in [0.4, 0.5) is 0 Å². The van der Waals surface area contributed by atoms with E-state index in [2.05, 4.69) is 37.3 Å². The molecule has 4 nitrogen and oxygen atoms in total. The molecule has 0 aliphatic heterocycles.